The van der Waals surface area contributed by atoms with Gasteiger partial charge in [0.25, 0.3) is 0 Å². The fourth-order valence-electron chi connectivity index (χ4n) is 1.72. The van der Waals surface area contributed by atoms with Gasteiger partial charge in [0.2, 0.25) is 0 Å². The summed E-state index contributed by atoms with van der Waals surface area (Å²) < 4.78 is 0. The molecule has 102 valence electrons. The molecule has 3 heteroatoms. The molecule has 0 saturated heterocycles. The van der Waals surface area contributed by atoms with Gasteiger partial charge in [-0.25, -0.2) is 16.9 Å². The van der Waals surface area contributed by atoms with E-state index in [0.29, 0.717) is 5.56 Å². The van der Waals surface area contributed by atoms with Crippen LogP contribution in [0.15, 0.2) is 78.9 Å². The van der Waals surface area contributed by atoms with Gasteiger partial charge >= 0.3 is 23.0 Å². The fourth-order valence-corrected chi connectivity index (χ4v) is 1.72. The first-order valence-electron chi connectivity index (χ1n) is 5.99. The van der Waals surface area contributed by atoms with Crippen LogP contribution < -0.4 is 0 Å². The van der Waals surface area contributed by atoms with Gasteiger partial charge in [-0.1, -0.05) is 17.7 Å². The van der Waals surface area contributed by atoms with Crippen LogP contribution in [0.4, 0.5) is 0 Å². The van der Waals surface area contributed by atoms with Crippen molar-refractivity contribution in [3.05, 3.63) is 84.4 Å². The molecule has 0 aliphatic rings. The Kier molecular flexibility index (Phi) is 6.51. The van der Waals surface area contributed by atoms with E-state index in [9.17, 15) is 4.79 Å². The van der Waals surface area contributed by atoms with E-state index in [0.717, 1.165) is 11.1 Å². The standard InChI is InChI=1S/C12H9O2.C5H5.Fe/c13-12(14)11-7-3-6-10(8-11)9-4-1-2-5-9;1-2-4-5-3-1;/h1-8H,(H,13,14);1-5H;/q2*-1;+2. The van der Waals surface area contributed by atoms with E-state index in [4.69, 9.17) is 5.11 Å². The van der Waals surface area contributed by atoms with E-state index in [1.165, 1.54) is 0 Å². The number of carboxylic acids is 1. The van der Waals surface area contributed by atoms with Crippen molar-refractivity contribution in [2.24, 2.45) is 0 Å². The molecule has 0 aliphatic heterocycles. The number of carbonyl (C=O) groups is 1. The minimum atomic E-state index is -0.890. The third-order valence-electron chi connectivity index (χ3n) is 2.66. The number of aromatic carboxylic acids is 1. The van der Waals surface area contributed by atoms with Crippen molar-refractivity contribution < 1.29 is 27.0 Å². The average molecular weight is 306 g/mol. The monoisotopic (exact) mass is 306 g/mol. The van der Waals surface area contributed by atoms with Crippen molar-refractivity contribution in [1.82, 2.24) is 0 Å². The molecule has 0 bridgehead atoms. The van der Waals surface area contributed by atoms with Crippen molar-refractivity contribution in [2.75, 3.05) is 0 Å². The Hall–Kier alpha value is -2.09. The van der Waals surface area contributed by atoms with Crippen LogP contribution in [0.1, 0.15) is 10.4 Å². The second-order valence-electron chi connectivity index (χ2n) is 4.02. The molecule has 0 amide bonds. The van der Waals surface area contributed by atoms with Crippen molar-refractivity contribution >= 4 is 5.97 Å². The van der Waals surface area contributed by atoms with Gasteiger partial charge in [-0.3, -0.25) is 0 Å². The molecular formula is C17H14FeO2. The molecule has 0 aliphatic carbocycles. The Bertz CT molecular complexity index is 593. The van der Waals surface area contributed by atoms with Gasteiger partial charge in [0.1, 0.15) is 0 Å². The van der Waals surface area contributed by atoms with Gasteiger partial charge in [0.15, 0.2) is 0 Å². The average Bonchev–Trinajstić information content (AvgIpc) is 3.15. The summed E-state index contributed by atoms with van der Waals surface area (Å²) in [4.78, 5) is 10.7. The van der Waals surface area contributed by atoms with Crippen LogP contribution in [0.25, 0.3) is 11.1 Å². The van der Waals surface area contributed by atoms with Crippen LogP contribution in [0, 0.1) is 0 Å². The smallest absolute Gasteiger partial charge is 0.478 e. The number of hydrogen-bond donors (Lipinski definition) is 1. The van der Waals surface area contributed by atoms with Crippen molar-refractivity contribution in [3.8, 4) is 11.1 Å². The van der Waals surface area contributed by atoms with Crippen LogP contribution in [-0.4, -0.2) is 11.1 Å². The van der Waals surface area contributed by atoms with Crippen LogP contribution in [0.2, 0.25) is 0 Å². The first kappa shape index (κ1) is 16.0. The van der Waals surface area contributed by atoms with Crippen molar-refractivity contribution in [1.29, 1.82) is 0 Å². The SMILES string of the molecule is O=C(O)c1cccc(-[c-]2cccc2)c1.[Fe+2].c1cc[cH-]c1. The van der Waals surface area contributed by atoms with Crippen LogP contribution in [0.5, 0.6) is 0 Å². The maximum atomic E-state index is 10.7. The molecule has 0 atom stereocenters. The number of carboxylic acid groups (broad SMARTS) is 1. The molecular weight excluding hydrogens is 292 g/mol. The third-order valence-corrected chi connectivity index (χ3v) is 2.66. The van der Waals surface area contributed by atoms with Crippen LogP contribution >= 0.6 is 0 Å². The van der Waals surface area contributed by atoms with E-state index >= 15 is 0 Å². The fraction of sp³-hybridized carbons (Fsp3) is 0. The summed E-state index contributed by atoms with van der Waals surface area (Å²) in [5, 5.41) is 8.81. The van der Waals surface area contributed by atoms with Crippen LogP contribution in [0.3, 0.4) is 0 Å². The van der Waals surface area contributed by atoms with E-state index in [1.54, 1.807) is 18.2 Å². The van der Waals surface area contributed by atoms with Gasteiger partial charge in [-0.2, -0.15) is 30.3 Å². The maximum Gasteiger partial charge on any atom is 2.00 e. The van der Waals surface area contributed by atoms with E-state index < -0.39 is 5.97 Å². The van der Waals surface area contributed by atoms with E-state index in [-0.39, 0.29) is 17.1 Å². The first-order valence-corrected chi connectivity index (χ1v) is 5.99. The predicted octanol–water partition coefficient (Wildman–Crippen LogP) is 4.17. The summed E-state index contributed by atoms with van der Waals surface area (Å²) in [6.45, 7) is 0. The Morgan fingerprint density at radius 3 is 2.15 bits per heavy atom. The number of benzene rings is 1. The minimum Gasteiger partial charge on any atom is -0.478 e. The zero-order valence-corrected chi connectivity index (χ0v) is 11.8. The second-order valence-corrected chi connectivity index (χ2v) is 4.02. The molecule has 3 rings (SSSR count). The zero-order chi connectivity index (χ0) is 13.5. The Balaban J connectivity index is 0.000000283. The molecule has 0 fully saturated rings. The molecule has 2 nitrogen and oxygen atoms in total. The molecule has 1 N–H and O–H groups in total. The number of hydrogen-bond acceptors (Lipinski definition) is 1. The largest absolute Gasteiger partial charge is 2.00 e. The Morgan fingerprint density at radius 2 is 1.65 bits per heavy atom. The van der Waals surface area contributed by atoms with Gasteiger partial charge in [0, 0.05) is 5.56 Å². The quantitative estimate of drug-likeness (QED) is 0.570. The summed E-state index contributed by atoms with van der Waals surface area (Å²) in [6, 6.07) is 24.7. The van der Waals surface area contributed by atoms with Gasteiger partial charge in [-0.05, 0) is 0 Å². The molecule has 0 radical (unpaired) electrons. The Morgan fingerprint density at radius 1 is 1.00 bits per heavy atom. The molecule has 0 aromatic heterocycles. The molecule has 3 aromatic rings. The first-order chi connectivity index (χ1) is 9.27. The molecule has 0 heterocycles. The normalized spacial score (nSPS) is 9.00. The zero-order valence-electron chi connectivity index (χ0n) is 10.7. The Labute approximate surface area is 128 Å². The van der Waals surface area contributed by atoms with E-state index in [1.807, 2.05) is 60.7 Å². The van der Waals surface area contributed by atoms with Gasteiger partial charge in [0.05, 0.1) is 0 Å². The van der Waals surface area contributed by atoms with Gasteiger partial charge < -0.3 is 5.11 Å². The summed E-state index contributed by atoms with van der Waals surface area (Å²) in [5.41, 5.74) is 2.31. The second kappa shape index (κ2) is 8.15. The van der Waals surface area contributed by atoms with Crippen LogP contribution in [-0.2, 0) is 17.1 Å². The summed E-state index contributed by atoms with van der Waals surface area (Å²) in [5.74, 6) is -0.890. The summed E-state index contributed by atoms with van der Waals surface area (Å²) in [6.07, 6.45) is 0. The van der Waals surface area contributed by atoms with E-state index in [2.05, 4.69) is 0 Å². The molecule has 0 spiro atoms. The minimum absolute atomic E-state index is 0. The van der Waals surface area contributed by atoms with Gasteiger partial charge in [-0.15, -0.1) is 29.8 Å². The van der Waals surface area contributed by atoms with Crippen molar-refractivity contribution in [2.45, 2.75) is 0 Å². The molecule has 3 aromatic carbocycles. The maximum absolute atomic E-state index is 10.7. The predicted molar refractivity (Wildman–Crippen MR) is 76.5 cm³/mol. The summed E-state index contributed by atoms with van der Waals surface area (Å²) in [7, 11) is 0. The summed E-state index contributed by atoms with van der Waals surface area (Å²) >= 11 is 0. The molecule has 0 saturated carbocycles. The number of rotatable bonds is 2. The molecule has 0 unspecified atom stereocenters. The van der Waals surface area contributed by atoms with Crippen molar-refractivity contribution in [3.63, 3.8) is 0 Å². The topological polar surface area (TPSA) is 37.3 Å². The third kappa shape index (κ3) is 4.54. The molecule has 20 heavy (non-hydrogen) atoms.